The summed E-state index contributed by atoms with van der Waals surface area (Å²) in [4.78, 5) is 0. The molecule has 3 rings (SSSR count). The fraction of sp³-hybridized carbons (Fsp3) is 0.0714. The first kappa shape index (κ1) is 11.6. The molecule has 3 aromatic rings. The van der Waals surface area contributed by atoms with Crippen LogP contribution < -0.4 is 0 Å². The SMILES string of the molecule is OCc1ccccc1-c1nnnn1-c1ccccc1. The Morgan fingerprint density at radius 3 is 2.47 bits per heavy atom. The van der Waals surface area contributed by atoms with Crippen molar-refractivity contribution in [3.05, 3.63) is 60.2 Å². The largest absolute Gasteiger partial charge is 0.392 e. The molecule has 1 N–H and O–H groups in total. The highest BCUT2D eigenvalue weighted by Gasteiger charge is 2.13. The topological polar surface area (TPSA) is 63.8 Å². The van der Waals surface area contributed by atoms with Gasteiger partial charge in [0, 0.05) is 5.56 Å². The molecule has 0 unspecified atom stereocenters. The van der Waals surface area contributed by atoms with Crippen molar-refractivity contribution in [2.75, 3.05) is 0 Å². The Balaban J connectivity index is 2.15. The molecule has 0 radical (unpaired) electrons. The predicted molar refractivity (Wildman–Crippen MR) is 70.5 cm³/mol. The Hall–Kier alpha value is -2.53. The summed E-state index contributed by atoms with van der Waals surface area (Å²) >= 11 is 0. The van der Waals surface area contributed by atoms with Crippen molar-refractivity contribution in [3.63, 3.8) is 0 Å². The monoisotopic (exact) mass is 252 g/mol. The van der Waals surface area contributed by atoms with Crippen LogP contribution >= 0.6 is 0 Å². The van der Waals surface area contributed by atoms with Gasteiger partial charge < -0.3 is 5.11 Å². The number of nitrogens with zero attached hydrogens (tertiary/aromatic N) is 4. The molecule has 2 aromatic carbocycles. The highest BCUT2D eigenvalue weighted by Crippen LogP contribution is 2.23. The zero-order chi connectivity index (χ0) is 13.1. The van der Waals surface area contributed by atoms with E-state index in [4.69, 9.17) is 0 Å². The molecule has 5 nitrogen and oxygen atoms in total. The van der Waals surface area contributed by atoms with Gasteiger partial charge in [-0.15, -0.1) is 5.10 Å². The maximum Gasteiger partial charge on any atom is 0.187 e. The van der Waals surface area contributed by atoms with Gasteiger partial charge in [0.1, 0.15) is 0 Å². The average molecular weight is 252 g/mol. The summed E-state index contributed by atoms with van der Waals surface area (Å²) in [5, 5.41) is 21.2. The highest BCUT2D eigenvalue weighted by atomic mass is 16.3. The number of tetrazole rings is 1. The lowest BCUT2D eigenvalue weighted by Gasteiger charge is -2.07. The van der Waals surface area contributed by atoms with Gasteiger partial charge in [0.2, 0.25) is 0 Å². The van der Waals surface area contributed by atoms with Crippen molar-refractivity contribution in [2.24, 2.45) is 0 Å². The fourth-order valence-electron chi connectivity index (χ4n) is 1.97. The van der Waals surface area contributed by atoms with Crippen molar-refractivity contribution >= 4 is 0 Å². The van der Waals surface area contributed by atoms with Gasteiger partial charge in [-0.25, -0.2) is 0 Å². The lowest BCUT2D eigenvalue weighted by molar-refractivity contribution is 0.282. The highest BCUT2D eigenvalue weighted by molar-refractivity contribution is 5.61. The minimum Gasteiger partial charge on any atom is -0.392 e. The Labute approximate surface area is 110 Å². The molecule has 0 atom stereocenters. The molecule has 0 spiro atoms. The summed E-state index contributed by atoms with van der Waals surface area (Å²) in [7, 11) is 0. The number of aliphatic hydroxyl groups excluding tert-OH is 1. The first-order chi connectivity index (χ1) is 9.40. The van der Waals surface area contributed by atoms with Gasteiger partial charge in [-0.2, -0.15) is 4.68 Å². The molecule has 0 amide bonds. The van der Waals surface area contributed by atoms with Crippen LogP contribution in [0.25, 0.3) is 17.1 Å². The quantitative estimate of drug-likeness (QED) is 0.772. The van der Waals surface area contributed by atoms with Gasteiger partial charge in [-0.05, 0) is 28.1 Å². The van der Waals surface area contributed by atoms with Crippen LogP contribution in [0.5, 0.6) is 0 Å². The van der Waals surface area contributed by atoms with Gasteiger partial charge in [0.15, 0.2) is 5.82 Å². The molecule has 19 heavy (non-hydrogen) atoms. The van der Waals surface area contributed by atoms with Gasteiger partial charge >= 0.3 is 0 Å². The van der Waals surface area contributed by atoms with Crippen LogP contribution in [0.15, 0.2) is 54.6 Å². The number of rotatable bonds is 3. The molecule has 94 valence electrons. The maximum absolute atomic E-state index is 9.40. The fourth-order valence-corrected chi connectivity index (χ4v) is 1.97. The first-order valence-corrected chi connectivity index (χ1v) is 5.93. The minimum absolute atomic E-state index is 0.0438. The number of hydrogen-bond donors (Lipinski definition) is 1. The predicted octanol–water partition coefficient (Wildman–Crippen LogP) is 1.82. The second-order valence-corrected chi connectivity index (χ2v) is 4.07. The Bertz CT molecular complexity index is 679. The average Bonchev–Trinajstić information content (AvgIpc) is 2.97. The summed E-state index contributed by atoms with van der Waals surface area (Å²) in [5.41, 5.74) is 2.52. The Morgan fingerprint density at radius 1 is 0.947 bits per heavy atom. The molecule has 5 heteroatoms. The van der Waals surface area contributed by atoms with E-state index >= 15 is 0 Å². The van der Waals surface area contributed by atoms with Crippen molar-refractivity contribution in [1.29, 1.82) is 0 Å². The van der Waals surface area contributed by atoms with E-state index in [2.05, 4.69) is 15.5 Å². The smallest absolute Gasteiger partial charge is 0.187 e. The lowest BCUT2D eigenvalue weighted by atomic mass is 10.1. The standard InChI is InChI=1S/C14H12N4O/c19-10-11-6-4-5-9-13(11)14-15-16-17-18(14)12-7-2-1-3-8-12/h1-9,19H,10H2. The summed E-state index contributed by atoms with van der Waals surface area (Å²) in [6.45, 7) is -0.0438. The molecule has 0 aliphatic carbocycles. The zero-order valence-electron chi connectivity index (χ0n) is 10.1. The molecule has 0 bridgehead atoms. The molecule has 0 aliphatic heterocycles. The van der Waals surface area contributed by atoms with E-state index in [1.807, 2.05) is 54.6 Å². The van der Waals surface area contributed by atoms with Crippen molar-refractivity contribution in [3.8, 4) is 17.1 Å². The van der Waals surface area contributed by atoms with E-state index in [-0.39, 0.29) is 6.61 Å². The molecule has 0 fully saturated rings. The van der Waals surface area contributed by atoms with Crippen LogP contribution in [0.3, 0.4) is 0 Å². The number of aromatic nitrogens is 4. The molecule has 0 saturated carbocycles. The van der Waals surface area contributed by atoms with E-state index in [0.717, 1.165) is 16.8 Å². The Kier molecular flexibility index (Phi) is 3.04. The lowest BCUT2D eigenvalue weighted by Crippen LogP contribution is -2.01. The van der Waals surface area contributed by atoms with E-state index in [1.54, 1.807) is 4.68 Å². The second kappa shape index (κ2) is 4.99. The van der Waals surface area contributed by atoms with Crippen LogP contribution in [0.4, 0.5) is 0 Å². The molecular formula is C14H12N4O. The Morgan fingerprint density at radius 2 is 1.68 bits per heavy atom. The summed E-state index contributed by atoms with van der Waals surface area (Å²) in [5.74, 6) is 0.621. The van der Waals surface area contributed by atoms with Crippen molar-refractivity contribution in [1.82, 2.24) is 20.2 Å². The zero-order valence-corrected chi connectivity index (χ0v) is 10.1. The number of para-hydroxylation sites is 1. The van der Waals surface area contributed by atoms with E-state index in [0.29, 0.717) is 5.82 Å². The van der Waals surface area contributed by atoms with Gasteiger partial charge in [-0.1, -0.05) is 42.5 Å². The molecule has 0 aliphatic rings. The van der Waals surface area contributed by atoms with Crippen molar-refractivity contribution in [2.45, 2.75) is 6.61 Å². The molecule has 0 saturated heterocycles. The summed E-state index contributed by atoms with van der Waals surface area (Å²) in [6.07, 6.45) is 0. The van der Waals surface area contributed by atoms with Crippen LogP contribution in [0.1, 0.15) is 5.56 Å². The van der Waals surface area contributed by atoms with Gasteiger partial charge in [0.05, 0.1) is 12.3 Å². The minimum atomic E-state index is -0.0438. The third kappa shape index (κ3) is 2.11. The van der Waals surface area contributed by atoms with Gasteiger partial charge in [0.25, 0.3) is 0 Å². The van der Waals surface area contributed by atoms with Gasteiger partial charge in [-0.3, -0.25) is 0 Å². The number of hydrogen-bond acceptors (Lipinski definition) is 4. The van der Waals surface area contributed by atoms with Crippen molar-refractivity contribution < 1.29 is 5.11 Å². The van der Waals surface area contributed by atoms with E-state index in [1.165, 1.54) is 0 Å². The third-order valence-electron chi connectivity index (χ3n) is 2.90. The normalized spacial score (nSPS) is 10.6. The molecule has 1 aromatic heterocycles. The second-order valence-electron chi connectivity index (χ2n) is 4.07. The molecule has 1 heterocycles. The van der Waals surface area contributed by atoms with E-state index < -0.39 is 0 Å². The molecular weight excluding hydrogens is 240 g/mol. The number of benzene rings is 2. The van der Waals surface area contributed by atoms with Crippen LogP contribution in [0, 0.1) is 0 Å². The van der Waals surface area contributed by atoms with Crippen LogP contribution in [-0.4, -0.2) is 25.3 Å². The van der Waals surface area contributed by atoms with Crippen LogP contribution in [0.2, 0.25) is 0 Å². The van der Waals surface area contributed by atoms with Crippen LogP contribution in [-0.2, 0) is 6.61 Å². The first-order valence-electron chi connectivity index (χ1n) is 5.93. The summed E-state index contributed by atoms with van der Waals surface area (Å²) < 4.78 is 1.66. The number of aliphatic hydroxyl groups is 1. The summed E-state index contributed by atoms with van der Waals surface area (Å²) in [6, 6.07) is 17.2. The maximum atomic E-state index is 9.40. The third-order valence-corrected chi connectivity index (χ3v) is 2.90. The van der Waals surface area contributed by atoms with E-state index in [9.17, 15) is 5.11 Å².